The Kier molecular flexibility index (Phi) is 8.08. The van der Waals surface area contributed by atoms with Crippen LogP contribution in [-0.2, 0) is 4.79 Å². The summed E-state index contributed by atoms with van der Waals surface area (Å²) in [6, 6.07) is 9.32. The van der Waals surface area contributed by atoms with Gasteiger partial charge >= 0.3 is 0 Å². The van der Waals surface area contributed by atoms with Crippen LogP contribution in [0.5, 0.6) is 23.0 Å². The van der Waals surface area contributed by atoms with Gasteiger partial charge < -0.3 is 18.9 Å². The van der Waals surface area contributed by atoms with Crippen molar-refractivity contribution >= 4 is 17.6 Å². The molecule has 0 saturated heterocycles. The third kappa shape index (κ3) is 5.21. The molecular formula is C23H25NO6. The highest BCUT2D eigenvalue weighted by Gasteiger charge is 2.15. The highest BCUT2D eigenvalue weighted by molar-refractivity contribution is 5.87. The minimum absolute atomic E-state index is 0.508. The average Bonchev–Trinajstić information content (AvgIpc) is 2.79. The first-order valence-corrected chi connectivity index (χ1v) is 8.95. The maximum atomic E-state index is 11.0. The van der Waals surface area contributed by atoms with Gasteiger partial charge in [0, 0.05) is 11.6 Å². The lowest BCUT2D eigenvalue weighted by Crippen LogP contribution is -2.14. The summed E-state index contributed by atoms with van der Waals surface area (Å²) in [6.45, 7) is 4.22. The van der Waals surface area contributed by atoms with Gasteiger partial charge in [0.1, 0.15) is 5.75 Å². The van der Waals surface area contributed by atoms with Crippen molar-refractivity contribution in [1.82, 2.24) is 5.48 Å². The number of nitrogens with one attached hydrogen (secondary N) is 1. The molecule has 0 spiro atoms. The van der Waals surface area contributed by atoms with Crippen molar-refractivity contribution < 1.29 is 28.9 Å². The smallest absolute Gasteiger partial charge is 0.267 e. The number of rotatable bonds is 9. The van der Waals surface area contributed by atoms with Gasteiger partial charge in [0.25, 0.3) is 5.91 Å². The van der Waals surface area contributed by atoms with Crippen LogP contribution >= 0.6 is 0 Å². The molecule has 0 saturated carbocycles. The molecule has 1 amide bonds. The standard InChI is InChI=1S/C23H25NO6/c1-15(18-13-20(28-3)23(30-5)21(14-18)29-4)16-10-11-19(27-2)17(12-16)8-6-7-9-22(25)24-26/h6-14,26H,1H2,2-5H3,(H,24,25)/b8-6+,9-7+. The first kappa shape index (κ1) is 22.6. The van der Waals surface area contributed by atoms with E-state index in [0.717, 1.165) is 22.3 Å². The van der Waals surface area contributed by atoms with E-state index in [-0.39, 0.29) is 0 Å². The first-order valence-electron chi connectivity index (χ1n) is 8.95. The van der Waals surface area contributed by atoms with Crippen LogP contribution < -0.4 is 24.4 Å². The molecular weight excluding hydrogens is 386 g/mol. The molecule has 0 aliphatic rings. The SMILES string of the molecule is C=C(c1ccc(OC)c(/C=C/C=C/C(=O)NO)c1)c1cc(OC)c(OC)c(OC)c1. The molecule has 30 heavy (non-hydrogen) atoms. The molecule has 0 heterocycles. The summed E-state index contributed by atoms with van der Waals surface area (Å²) in [5, 5.41) is 8.52. The van der Waals surface area contributed by atoms with Gasteiger partial charge in [-0.25, -0.2) is 5.48 Å². The summed E-state index contributed by atoms with van der Waals surface area (Å²) in [4.78, 5) is 11.0. The fourth-order valence-electron chi connectivity index (χ4n) is 2.81. The number of benzene rings is 2. The maximum Gasteiger partial charge on any atom is 0.267 e. The zero-order chi connectivity index (χ0) is 22.1. The molecule has 2 rings (SSSR count). The van der Waals surface area contributed by atoms with E-state index in [1.165, 1.54) is 17.6 Å². The van der Waals surface area contributed by atoms with E-state index in [9.17, 15) is 4.79 Å². The molecule has 0 bridgehead atoms. The van der Waals surface area contributed by atoms with Gasteiger partial charge in [-0.2, -0.15) is 0 Å². The second kappa shape index (κ2) is 10.7. The molecule has 2 N–H and O–H groups in total. The molecule has 158 valence electrons. The normalized spacial score (nSPS) is 10.8. The molecule has 7 heteroatoms. The van der Waals surface area contributed by atoms with Gasteiger partial charge in [-0.15, -0.1) is 0 Å². The first-order chi connectivity index (χ1) is 14.5. The molecule has 2 aromatic rings. The zero-order valence-corrected chi connectivity index (χ0v) is 17.4. The number of hydrogen-bond donors (Lipinski definition) is 2. The molecule has 0 aromatic heterocycles. The summed E-state index contributed by atoms with van der Waals surface area (Å²) in [5.41, 5.74) is 4.74. The quantitative estimate of drug-likeness (QED) is 0.282. The molecule has 0 fully saturated rings. The van der Waals surface area contributed by atoms with Crippen LogP contribution in [0.2, 0.25) is 0 Å². The Bertz CT molecular complexity index is 953. The predicted octanol–water partition coefficient (Wildman–Crippen LogP) is 3.86. The van der Waals surface area contributed by atoms with Crippen molar-refractivity contribution in [2.24, 2.45) is 0 Å². The summed E-state index contributed by atoms with van der Waals surface area (Å²) >= 11 is 0. The minimum atomic E-state index is -0.615. The molecule has 0 unspecified atom stereocenters. The van der Waals surface area contributed by atoms with Crippen LogP contribution in [0.25, 0.3) is 11.6 Å². The van der Waals surface area contributed by atoms with Crippen molar-refractivity contribution in [3.05, 3.63) is 71.8 Å². The van der Waals surface area contributed by atoms with E-state index < -0.39 is 5.91 Å². The molecule has 0 atom stereocenters. The monoisotopic (exact) mass is 411 g/mol. The summed E-state index contributed by atoms with van der Waals surface area (Å²) in [7, 11) is 6.25. The van der Waals surface area contributed by atoms with Gasteiger partial charge in [-0.05, 0) is 41.0 Å². The molecule has 0 aliphatic carbocycles. The van der Waals surface area contributed by atoms with Crippen molar-refractivity contribution in [3.8, 4) is 23.0 Å². The number of carbonyl (C=O) groups is 1. The lowest BCUT2D eigenvalue weighted by molar-refractivity contribution is -0.124. The van der Waals surface area contributed by atoms with Crippen LogP contribution in [0.4, 0.5) is 0 Å². The average molecular weight is 411 g/mol. The van der Waals surface area contributed by atoms with Gasteiger partial charge in [0.15, 0.2) is 11.5 Å². The predicted molar refractivity (Wildman–Crippen MR) is 115 cm³/mol. The lowest BCUT2D eigenvalue weighted by Gasteiger charge is -2.16. The fourth-order valence-corrected chi connectivity index (χ4v) is 2.81. The topological polar surface area (TPSA) is 86.3 Å². The van der Waals surface area contributed by atoms with E-state index in [1.54, 1.807) is 40.6 Å². The summed E-state index contributed by atoms with van der Waals surface area (Å²) in [5.74, 6) is 1.63. The Morgan fingerprint density at radius 3 is 2.07 bits per heavy atom. The number of hydroxylamine groups is 1. The highest BCUT2D eigenvalue weighted by atomic mass is 16.5. The maximum absolute atomic E-state index is 11.0. The van der Waals surface area contributed by atoms with Crippen LogP contribution in [-0.4, -0.2) is 39.6 Å². The number of hydrogen-bond acceptors (Lipinski definition) is 6. The van der Waals surface area contributed by atoms with Crippen LogP contribution in [0.1, 0.15) is 16.7 Å². The molecule has 7 nitrogen and oxygen atoms in total. The number of carbonyl (C=O) groups excluding carboxylic acids is 1. The molecule has 2 aromatic carbocycles. The fraction of sp³-hybridized carbons (Fsp3) is 0.174. The van der Waals surface area contributed by atoms with Crippen LogP contribution in [0, 0.1) is 0 Å². The Labute approximate surface area is 175 Å². The van der Waals surface area contributed by atoms with Crippen molar-refractivity contribution in [2.45, 2.75) is 0 Å². The van der Waals surface area contributed by atoms with Gasteiger partial charge in [0.05, 0.1) is 28.4 Å². The third-order valence-electron chi connectivity index (χ3n) is 4.34. The van der Waals surface area contributed by atoms with E-state index in [4.69, 9.17) is 24.2 Å². The van der Waals surface area contributed by atoms with E-state index in [0.29, 0.717) is 23.0 Å². The minimum Gasteiger partial charge on any atom is -0.496 e. The van der Waals surface area contributed by atoms with Crippen LogP contribution in [0.15, 0.2) is 55.1 Å². The van der Waals surface area contributed by atoms with Crippen molar-refractivity contribution in [2.75, 3.05) is 28.4 Å². The van der Waals surface area contributed by atoms with Gasteiger partial charge in [-0.1, -0.05) is 30.9 Å². The van der Waals surface area contributed by atoms with E-state index >= 15 is 0 Å². The highest BCUT2D eigenvalue weighted by Crippen LogP contribution is 2.41. The number of amides is 1. The number of methoxy groups -OCH3 is 4. The van der Waals surface area contributed by atoms with E-state index in [1.807, 2.05) is 30.3 Å². The second-order valence-electron chi connectivity index (χ2n) is 6.04. The van der Waals surface area contributed by atoms with Crippen LogP contribution in [0.3, 0.4) is 0 Å². The molecule has 0 aliphatic heterocycles. The summed E-state index contributed by atoms with van der Waals surface area (Å²) < 4.78 is 21.6. The Balaban J connectivity index is 2.42. The zero-order valence-electron chi connectivity index (χ0n) is 17.4. The Morgan fingerprint density at radius 2 is 1.53 bits per heavy atom. The third-order valence-corrected chi connectivity index (χ3v) is 4.34. The number of ether oxygens (including phenoxy) is 4. The van der Waals surface area contributed by atoms with Crippen molar-refractivity contribution in [1.29, 1.82) is 0 Å². The summed E-state index contributed by atoms with van der Waals surface area (Å²) in [6.07, 6.45) is 6.15. The molecule has 0 radical (unpaired) electrons. The van der Waals surface area contributed by atoms with Gasteiger partial charge in [0.2, 0.25) is 5.75 Å². The van der Waals surface area contributed by atoms with Gasteiger partial charge in [-0.3, -0.25) is 10.0 Å². The Hall–Kier alpha value is -3.71. The lowest BCUT2D eigenvalue weighted by atomic mass is 9.96. The van der Waals surface area contributed by atoms with Crippen molar-refractivity contribution in [3.63, 3.8) is 0 Å². The second-order valence-corrected chi connectivity index (χ2v) is 6.04. The number of allylic oxidation sites excluding steroid dienone is 2. The van der Waals surface area contributed by atoms with E-state index in [2.05, 4.69) is 6.58 Å². The largest absolute Gasteiger partial charge is 0.496 e. The Morgan fingerprint density at radius 1 is 0.900 bits per heavy atom.